The van der Waals surface area contributed by atoms with Gasteiger partial charge in [-0.1, -0.05) is 42.8 Å². The van der Waals surface area contributed by atoms with Crippen LogP contribution in [0.3, 0.4) is 0 Å². The van der Waals surface area contributed by atoms with Crippen LogP contribution in [0.25, 0.3) is 0 Å². The Labute approximate surface area is 134 Å². The number of ether oxygens (including phenoxy) is 1. The van der Waals surface area contributed by atoms with Crippen LogP contribution in [0.4, 0.5) is 0 Å². The molecule has 1 unspecified atom stereocenters. The molecule has 1 heterocycles. The van der Waals surface area contributed by atoms with Crippen LogP contribution < -0.4 is 4.74 Å². The van der Waals surface area contributed by atoms with E-state index in [-0.39, 0.29) is 12.0 Å². The van der Waals surface area contributed by atoms with E-state index in [4.69, 9.17) is 4.74 Å². The highest BCUT2D eigenvalue weighted by atomic mass is 79.9. The van der Waals surface area contributed by atoms with Crippen LogP contribution >= 0.6 is 15.9 Å². The summed E-state index contributed by atoms with van der Waals surface area (Å²) in [6.07, 6.45) is 3.39. The van der Waals surface area contributed by atoms with E-state index in [0.717, 1.165) is 15.8 Å². The molecule has 1 atom stereocenters. The highest BCUT2D eigenvalue weighted by Gasteiger charge is 2.42. The van der Waals surface area contributed by atoms with Crippen LogP contribution in [-0.4, -0.2) is 16.7 Å². The summed E-state index contributed by atoms with van der Waals surface area (Å²) in [5.74, 6) is 0.727. The Morgan fingerprint density at radius 3 is 2.33 bits per heavy atom. The molecule has 0 aliphatic heterocycles. The summed E-state index contributed by atoms with van der Waals surface area (Å²) < 4.78 is 6.80. The number of pyridine rings is 1. The zero-order valence-corrected chi connectivity index (χ0v) is 14.1. The normalized spacial score (nSPS) is 14.5. The van der Waals surface area contributed by atoms with Gasteiger partial charge in [0.2, 0.25) is 0 Å². The SMILES string of the molecule is CC(C)(C)C(O)(COc1ccc(Br)cc1)c1cccnc1. The summed E-state index contributed by atoms with van der Waals surface area (Å²) in [6.45, 7) is 6.14. The number of aliphatic hydroxyl groups is 1. The Kier molecular flexibility index (Phi) is 4.69. The number of nitrogens with zero attached hydrogens (tertiary/aromatic N) is 1. The molecule has 0 amide bonds. The number of rotatable bonds is 4. The Bertz CT molecular complexity index is 578. The van der Waals surface area contributed by atoms with Crippen molar-refractivity contribution in [1.82, 2.24) is 4.98 Å². The lowest BCUT2D eigenvalue weighted by Gasteiger charge is -2.40. The molecule has 0 saturated carbocycles. The molecule has 21 heavy (non-hydrogen) atoms. The first kappa shape index (κ1) is 16.0. The number of halogens is 1. The van der Waals surface area contributed by atoms with Crippen LogP contribution in [0.15, 0.2) is 53.3 Å². The lowest BCUT2D eigenvalue weighted by atomic mass is 9.73. The van der Waals surface area contributed by atoms with Gasteiger partial charge in [0.1, 0.15) is 18.0 Å². The third-order valence-electron chi connectivity index (χ3n) is 3.64. The lowest BCUT2D eigenvalue weighted by molar-refractivity contribution is -0.0947. The minimum Gasteiger partial charge on any atom is -0.490 e. The predicted molar refractivity (Wildman–Crippen MR) is 87.2 cm³/mol. The summed E-state index contributed by atoms with van der Waals surface area (Å²) in [5, 5.41) is 11.2. The quantitative estimate of drug-likeness (QED) is 0.901. The second-order valence-corrected chi connectivity index (χ2v) is 7.01. The average Bonchev–Trinajstić information content (AvgIpc) is 2.46. The van der Waals surface area contributed by atoms with Crippen LogP contribution in [0.1, 0.15) is 26.3 Å². The maximum absolute atomic E-state index is 11.2. The molecular weight excluding hydrogens is 330 g/mol. The molecule has 0 spiro atoms. The molecule has 0 aliphatic rings. The smallest absolute Gasteiger partial charge is 0.130 e. The largest absolute Gasteiger partial charge is 0.490 e. The predicted octanol–water partition coefficient (Wildman–Crippen LogP) is 4.16. The number of hydrogen-bond donors (Lipinski definition) is 1. The first-order chi connectivity index (χ1) is 9.83. The number of hydrogen-bond acceptors (Lipinski definition) is 3. The maximum atomic E-state index is 11.2. The van der Waals surface area contributed by atoms with Crippen molar-refractivity contribution in [3.8, 4) is 5.75 Å². The molecule has 4 heteroatoms. The van der Waals surface area contributed by atoms with E-state index in [1.807, 2.05) is 57.2 Å². The molecule has 2 aromatic rings. The second-order valence-electron chi connectivity index (χ2n) is 6.09. The Hall–Kier alpha value is -1.39. The van der Waals surface area contributed by atoms with Crippen molar-refractivity contribution >= 4 is 15.9 Å². The molecule has 0 saturated heterocycles. The molecule has 3 nitrogen and oxygen atoms in total. The third kappa shape index (κ3) is 3.63. The van der Waals surface area contributed by atoms with E-state index in [1.165, 1.54) is 0 Å². The van der Waals surface area contributed by atoms with Gasteiger partial charge >= 0.3 is 0 Å². The molecule has 1 N–H and O–H groups in total. The number of benzene rings is 1. The monoisotopic (exact) mass is 349 g/mol. The van der Waals surface area contributed by atoms with Gasteiger partial charge in [-0.3, -0.25) is 4.98 Å². The van der Waals surface area contributed by atoms with Crippen molar-refractivity contribution in [2.45, 2.75) is 26.4 Å². The molecule has 0 bridgehead atoms. The van der Waals surface area contributed by atoms with E-state index < -0.39 is 5.60 Å². The zero-order valence-electron chi connectivity index (χ0n) is 12.5. The molecule has 1 aromatic carbocycles. The van der Waals surface area contributed by atoms with E-state index >= 15 is 0 Å². The van der Waals surface area contributed by atoms with Crippen molar-refractivity contribution in [3.63, 3.8) is 0 Å². The highest BCUT2D eigenvalue weighted by molar-refractivity contribution is 9.10. The van der Waals surface area contributed by atoms with Gasteiger partial charge in [-0.2, -0.15) is 0 Å². The second kappa shape index (κ2) is 6.16. The number of aromatic nitrogens is 1. The van der Waals surface area contributed by atoms with E-state index in [9.17, 15) is 5.11 Å². The Balaban J connectivity index is 2.24. The zero-order chi connectivity index (χ0) is 15.5. The van der Waals surface area contributed by atoms with Crippen LogP contribution in [0, 0.1) is 5.41 Å². The van der Waals surface area contributed by atoms with Gasteiger partial charge in [0, 0.05) is 22.4 Å². The first-order valence-corrected chi connectivity index (χ1v) is 7.63. The van der Waals surface area contributed by atoms with E-state index in [0.29, 0.717) is 0 Å². The van der Waals surface area contributed by atoms with Crippen molar-refractivity contribution < 1.29 is 9.84 Å². The standard InChI is InChI=1S/C17H20BrNO2/c1-16(2,3)17(20,13-5-4-10-19-11-13)12-21-15-8-6-14(18)7-9-15/h4-11,20H,12H2,1-3H3. The molecule has 112 valence electrons. The van der Waals surface area contributed by atoms with Crippen LogP contribution in [-0.2, 0) is 5.60 Å². The van der Waals surface area contributed by atoms with Crippen molar-refractivity contribution in [1.29, 1.82) is 0 Å². The van der Waals surface area contributed by atoms with E-state index in [1.54, 1.807) is 12.4 Å². The van der Waals surface area contributed by atoms with Crippen molar-refractivity contribution in [2.75, 3.05) is 6.61 Å². The van der Waals surface area contributed by atoms with Crippen molar-refractivity contribution in [3.05, 3.63) is 58.8 Å². The third-order valence-corrected chi connectivity index (χ3v) is 4.17. The molecule has 1 aromatic heterocycles. The van der Waals surface area contributed by atoms with Gasteiger partial charge in [-0.15, -0.1) is 0 Å². The molecule has 0 aliphatic carbocycles. The highest BCUT2D eigenvalue weighted by Crippen LogP contribution is 2.39. The molecular formula is C17H20BrNO2. The topological polar surface area (TPSA) is 42.4 Å². The fourth-order valence-corrected chi connectivity index (χ4v) is 2.32. The van der Waals surface area contributed by atoms with Gasteiger partial charge < -0.3 is 9.84 Å². The molecule has 0 fully saturated rings. The summed E-state index contributed by atoms with van der Waals surface area (Å²) in [7, 11) is 0. The Morgan fingerprint density at radius 2 is 1.81 bits per heavy atom. The van der Waals surface area contributed by atoms with Gasteiger partial charge in [0.25, 0.3) is 0 Å². The van der Waals surface area contributed by atoms with Gasteiger partial charge in [0.15, 0.2) is 0 Å². The molecule has 2 rings (SSSR count). The molecule has 0 radical (unpaired) electrons. The fraction of sp³-hybridized carbons (Fsp3) is 0.353. The van der Waals surface area contributed by atoms with Gasteiger partial charge in [-0.25, -0.2) is 0 Å². The van der Waals surface area contributed by atoms with Crippen LogP contribution in [0.5, 0.6) is 5.75 Å². The lowest BCUT2D eigenvalue weighted by Crippen LogP contribution is -2.45. The fourth-order valence-electron chi connectivity index (χ4n) is 2.06. The summed E-state index contributed by atoms with van der Waals surface area (Å²) in [4.78, 5) is 4.11. The average molecular weight is 350 g/mol. The van der Waals surface area contributed by atoms with Gasteiger partial charge in [0.05, 0.1) is 0 Å². The van der Waals surface area contributed by atoms with Gasteiger partial charge in [-0.05, 0) is 35.7 Å². The first-order valence-electron chi connectivity index (χ1n) is 6.84. The summed E-state index contributed by atoms with van der Waals surface area (Å²) >= 11 is 3.39. The summed E-state index contributed by atoms with van der Waals surface area (Å²) in [6, 6.07) is 11.3. The minimum absolute atomic E-state index is 0.170. The maximum Gasteiger partial charge on any atom is 0.130 e. The van der Waals surface area contributed by atoms with Crippen molar-refractivity contribution in [2.24, 2.45) is 5.41 Å². The van der Waals surface area contributed by atoms with E-state index in [2.05, 4.69) is 20.9 Å². The Morgan fingerprint density at radius 1 is 1.14 bits per heavy atom. The van der Waals surface area contributed by atoms with Crippen LogP contribution in [0.2, 0.25) is 0 Å². The summed E-state index contributed by atoms with van der Waals surface area (Å²) in [5.41, 5.74) is -0.741. The minimum atomic E-state index is -1.12.